The molecule has 0 aliphatic carbocycles. The maximum atomic E-state index is 5.69. The first-order valence-electron chi connectivity index (χ1n) is 5.67. The minimum absolute atomic E-state index is 0.137. The molecule has 6 heteroatoms. The highest BCUT2D eigenvalue weighted by Gasteiger charge is 2.18. The predicted octanol–water partition coefficient (Wildman–Crippen LogP) is 4.08. The van der Waals surface area contributed by atoms with Gasteiger partial charge in [0.05, 0.1) is 20.6 Å². The number of rotatable bonds is 3. The van der Waals surface area contributed by atoms with Gasteiger partial charge in [0.15, 0.2) is 5.13 Å². The monoisotopic (exact) mass is 299 g/mol. The van der Waals surface area contributed by atoms with E-state index in [-0.39, 0.29) is 5.41 Å². The second kappa shape index (κ2) is 5.19. The maximum absolute atomic E-state index is 5.69. The summed E-state index contributed by atoms with van der Waals surface area (Å²) >= 11 is 5.06. The van der Waals surface area contributed by atoms with Crippen molar-refractivity contribution in [2.45, 2.75) is 43.1 Å². The fourth-order valence-corrected chi connectivity index (χ4v) is 4.32. The summed E-state index contributed by atoms with van der Waals surface area (Å²) in [5.74, 6) is 0.884. The maximum Gasteiger partial charge on any atom is 0.181 e. The van der Waals surface area contributed by atoms with Crippen LogP contribution in [0.3, 0.4) is 0 Å². The highest BCUT2D eigenvalue weighted by atomic mass is 32.2. The van der Waals surface area contributed by atoms with Crippen LogP contribution < -0.4 is 5.73 Å². The number of anilines is 1. The topological polar surface area (TPSA) is 51.8 Å². The van der Waals surface area contributed by atoms with Crippen molar-refractivity contribution in [3.8, 4) is 0 Å². The quantitative estimate of drug-likeness (QED) is 0.868. The average Bonchev–Trinajstić information content (AvgIpc) is 2.81. The molecule has 0 atom stereocenters. The van der Waals surface area contributed by atoms with E-state index in [4.69, 9.17) is 5.73 Å². The molecule has 0 radical (unpaired) electrons. The van der Waals surface area contributed by atoms with Crippen molar-refractivity contribution in [3.05, 3.63) is 21.8 Å². The third kappa shape index (κ3) is 3.24. The Morgan fingerprint density at radius 2 is 2.06 bits per heavy atom. The van der Waals surface area contributed by atoms with E-state index in [1.165, 1.54) is 9.22 Å². The van der Waals surface area contributed by atoms with Crippen molar-refractivity contribution in [1.29, 1.82) is 0 Å². The van der Waals surface area contributed by atoms with Crippen LogP contribution in [0.1, 0.15) is 37.2 Å². The van der Waals surface area contributed by atoms with Gasteiger partial charge in [0.25, 0.3) is 0 Å². The number of hydrogen-bond acceptors (Lipinski definition) is 6. The van der Waals surface area contributed by atoms with Gasteiger partial charge in [-0.05, 0) is 6.92 Å². The minimum Gasteiger partial charge on any atom is -0.375 e. The lowest BCUT2D eigenvalue weighted by molar-refractivity contribution is 0.584. The molecule has 2 rings (SSSR count). The Morgan fingerprint density at radius 3 is 2.56 bits per heavy atom. The molecular formula is C12H17N3S3. The fourth-order valence-electron chi connectivity index (χ4n) is 1.39. The van der Waals surface area contributed by atoms with E-state index in [0.29, 0.717) is 5.13 Å². The summed E-state index contributed by atoms with van der Waals surface area (Å²) in [5, 5.41) is 3.98. The first kappa shape index (κ1) is 13.8. The molecule has 2 heterocycles. The van der Waals surface area contributed by atoms with Gasteiger partial charge in [-0.1, -0.05) is 32.1 Å². The van der Waals surface area contributed by atoms with Crippen LogP contribution in [-0.2, 0) is 11.2 Å². The molecule has 18 heavy (non-hydrogen) atoms. The third-order valence-corrected chi connectivity index (χ3v) is 6.01. The first-order chi connectivity index (χ1) is 8.36. The molecule has 2 N–H and O–H groups in total. The van der Waals surface area contributed by atoms with E-state index in [2.05, 4.69) is 36.1 Å². The smallest absolute Gasteiger partial charge is 0.181 e. The van der Waals surface area contributed by atoms with Gasteiger partial charge >= 0.3 is 0 Å². The van der Waals surface area contributed by atoms with Gasteiger partial charge in [-0.3, -0.25) is 0 Å². The molecule has 0 aromatic carbocycles. The Bertz CT molecular complexity index is 537. The van der Waals surface area contributed by atoms with Crippen LogP contribution in [0.25, 0.3) is 0 Å². The molecule has 3 nitrogen and oxygen atoms in total. The minimum atomic E-state index is 0.137. The predicted molar refractivity (Wildman–Crippen MR) is 81.6 cm³/mol. The molecule has 0 amide bonds. The molecule has 0 saturated carbocycles. The molecule has 0 spiro atoms. The molecular weight excluding hydrogens is 282 g/mol. The summed E-state index contributed by atoms with van der Waals surface area (Å²) in [6, 6.07) is 0. The van der Waals surface area contributed by atoms with Crippen LogP contribution >= 0.6 is 34.4 Å². The molecule has 0 bridgehead atoms. The van der Waals surface area contributed by atoms with Crippen molar-refractivity contribution in [2.75, 3.05) is 5.73 Å². The lowest BCUT2D eigenvalue weighted by atomic mass is 9.98. The van der Waals surface area contributed by atoms with Crippen molar-refractivity contribution >= 4 is 39.6 Å². The number of aryl methyl sites for hydroxylation is 1. The van der Waals surface area contributed by atoms with Gasteiger partial charge in [0.2, 0.25) is 0 Å². The number of nitrogens with two attached hydrogens (primary N) is 1. The molecule has 2 aromatic rings. The normalized spacial score (nSPS) is 12.0. The zero-order valence-electron chi connectivity index (χ0n) is 11.0. The molecule has 0 unspecified atom stereocenters. The summed E-state index contributed by atoms with van der Waals surface area (Å²) in [7, 11) is 0. The summed E-state index contributed by atoms with van der Waals surface area (Å²) < 4.78 is 1.19. The second-order valence-electron chi connectivity index (χ2n) is 5.11. The number of nitrogens with zero attached hydrogens (tertiary/aromatic N) is 2. The SMILES string of the molecule is Cc1nc(N)sc1SCc1csc(C(C)(C)C)n1. The Kier molecular flexibility index (Phi) is 3.99. The van der Waals surface area contributed by atoms with Crippen LogP contribution in [0.2, 0.25) is 0 Å². The summed E-state index contributed by atoms with van der Waals surface area (Å²) in [6.45, 7) is 8.57. The molecule has 98 valence electrons. The lowest BCUT2D eigenvalue weighted by Crippen LogP contribution is -2.10. The Morgan fingerprint density at radius 1 is 1.33 bits per heavy atom. The van der Waals surface area contributed by atoms with Gasteiger partial charge < -0.3 is 5.73 Å². The number of thioether (sulfide) groups is 1. The third-order valence-electron chi connectivity index (χ3n) is 2.32. The van der Waals surface area contributed by atoms with E-state index in [1.54, 1.807) is 34.4 Å². The lowest BCUT2D eigenvalue weighted by Gasteiger charge is -2.13. The number of nitrogen functional groups attached to an aromatic ring is 1. The Labute approximate surface area is 120 Å². The fraction of sp³-hybridized carbons (Fsp3) is 0.500. The molecule has 0 fully saturated rings. The van der Waals surface area contributed by atoms with Crippen molar-refractivity contribution in [2.24, 2.45) is 0 Å². The zero-order valence-corrected chi connectivity index (χ0v) is 13.4. The molecule has 0 aliphatic heterocycles. The largest absolute Gasteiger partial charge is 0.375 e. The van der Waals surface area contributed by atoms with E-state index < -0.39 is 0 Å². The zero-order chi connectivity index (χ0) is 13.3. The summed E-state index contributed by atoms with van der Waals surface area (Å²) in [6.07, 6.45) is 0. The highest BCUT2D eigenvalue weighted by Crippen LogP contribution is 2.34. The standard InChI is InChI=1S/C12H17N3S3/c1-7-9(18-11(13)14-7)16-5-8-6-17-10(15-8)12(2,3)4/h6H,5H2,1-4H3,(H2,13,14). The van der Waals surface area contributed by atoms with E-state index in [9.17, 15) is 0 Å². The van der Waals surface area contributed by atoms with Gasteiger partial charge in [-0.25, -0.2) is 9.97 Å². The summed E-state index contributed by atoms with van der Waals surface area (Å²) in [4.78, 5) is 8.91. The van der Waals surface area contributed by atoms with Crippen LogP contribution in [-0.4, -0.2) is 9.97 Å². The van der Waals surface area contributed by atoms with E-state index in [0.717, 1.165) is 17.1 Å². The average molecular weight is 299 g/mol. The molecule has 0 aliphatic rings. The van der Waals surface area contributed by atoms with E-state index in [1.807, 2.05) is 6.92 Å². The van der Waals surface area contributed by atoms with Crippen molar-refractivity contribution < 1.29 is 0 Å². The van der Waals surface area contributed by atoms with E-state index >= 15 is 0 Å². The van der Waals surface area contributed by atoms with Gasteiger partial charge in [-0.2, -0.15) is 0 Å². The number of hydrogen-bond donors (Lipinski definition) is 1. The number of aromatic nitrogens is 2. The molecule has 2 aromatic heterocycles. The van der Waals surface area contributed by atoms with Crippen LogP contribution in [0.15, 0.2) is 9.59 Å². The second-order valence-corrected chi connectivity index (χ2v) is 8.24. The Balaban J connectivity index is 2.03. The highest BCUT2D eigenvalue weighted by molar-refractivity contribution is 8.00. The van der Waals surface area contributed by atoms with Crippen LogP contribution in [0.4, 0.5) is 5.13 Å². The number of thiazole rings is 2. The van der Waals surface area contributed by atoms with Crippen molar-refractivity contribution in [1.82, 2.24) is 9.97 Å². The first-order valence-corrected chi connectivity index (χ1v) is 8.35. The van der Waals surface area contributed by atoms with Crippen molar-refractivity contribution in [3.63, 3.8) is 0 Å². The molecule has 0 saturated heterocycles. The van der Waals surface area contributed by atoms with Gasteiger partial charge in [-0.15, -0.1) is 23.1 Å². The Hall–Kier alpha value is -0.590. The summed E-state index contributed by atoms with van der Waals surface area (Å²) in [5.41, 5.74) is 7.99. The van der Waals surface area contributed by atoms with Gasteiger partial charge in [0.1, 0.15) is 0 Å². The van der Waals surface area contributed by atoms with Gasteiger partial charge in [0, 0.05) is 16.5 Å². The van der Waals surface area contributed by atoms with Crippen LogP contribution in [0.5, 0.6) is 0 Å². The van der Waals surface area contributed by atoms with Crippen LogP contribution in [0, 0.1) is 6.92 Å².